The Hall–Kier alpha value is -2.67. The lowest BCUT2D eigenvalue weighted by molar-refractivity contribution is 0.602. The van der Waals surface area contributed by atoms with Crippen molar-refractivity contribution in [2.75, 3.05) is 10.5 Å². The number of pyridine rings is 2. The molecule has 0 saturated heterocycles. The maximum Gasteiger partial charge on any atom is 0.264 e. The highest BCUT2D eigenvalue weighted by atomic mass is 32.2. The number of anilines is 2. The van der Waals surface area contributed by atoms with Crippen LogP contribution < -0.4 is 10.5 Å². The van der Waals surface area contributed by atoms with E-state index in [0.717, 1.165) is 0 Å². The molecule has 0 spiro atoms. The van der Waals surface area contributed by atoms with Gasteiger partial charge in [-0.25, -0.2) is 8.42 Å². The summed E-state index contributed by atoms with van der Waals surface area (Å²) < 4.78 is 27.5. The van der Waals surface area contributed by atoms with Gasteiger partial charge in [0.1, 0.15) is 4.90 Å². The lowest BCUT2D eigenvalue weighted by atomic mass is 10.2. The van der Waals surface area contributed by atoms with Gasteiger partial charge in [0.2, 0.25) is 0 Å². The van der Waals surface area contributed by atoms with Gasteiger partial charge in [-0.05, 0) is 36.4 Å². The van der Waals surface area contributed by atoms with Gasteiger partial charge in [0.15, 0.2) is 0 Å². The number of nitrogens with two attached hydrogens (primary N) is 1. The number of nitrogen functional groups attached to an aromatic ring is 1. The van der Waals surface area contributed by atoms with Gasteiger partial charge >= 0.3 is 0 Å². The number of rotatable bonds is 3. The molecule has 0 atom stereocenters. The van der Waals surface area contributed by atoms with Crippen molar-refractivity contribution in [3.05, 3.63) is 55.0 Å². The monoisotopic (exact) mass is 300 g/mol. The predicted molar refractivity (Wildman–Crippen MR) is 81.2 cm³/mol. The van der Waals surface area contributed by atoms with E-state index in [2.05, 4.69) is 14.7 Å². The lowest BCUT2D eigenvalue weighted by Crippen LogP contribution is -2.14. The van der Waals surface area contributed by atoms with Crippen LogP contribution in [0, 0.1) is 0 Å². The minimum absolute atomic E-state index is 0.0798. The first-order chi connectivity index (χ1) is 10.1. The minimum atomic E-state index is -3.76. The van der Waals surface area contributed by atoms with Crippen molar-refractivity contribution < 1.29 is 8.42 Å². The van der Waals surface area contributed by atoms with Crippen LogP contribution in [0.4, 0.5) is 11.4 Å². The van der Waals surface area contributed by atoms with Crippen LogP contribution in [0.2, 0.25) is 0 Å². The van der Waals surface area contributed by atoms with Crippen LogP contribution in [0.3, 0.4) is 0 Å². The smallest absolute Gasteiger partial charge is 0.264 e. The molecule has 6 nitrogen and oxygen atoms in total. The van der Waals surface area contributed by atoms with E-state index in [1.165, 1.54) is 18.5 Å². The highest BCUT2D eigenvalue weighted by Gasteiger charge is 2.19. The van der Waals surface area contributed by atoms with Crippen molar-refractivity contribution in [1.82, 2.24) is 9.97 Å². The fourth-order valence-electron chi connectivity index (χ4n) is 2.02. The van der Waals surface area contributed by atoms with Crippen LogP contribution in [0.1, 0.15) is 0 Å². The molecule has 0 fully saturated rings. The van der Waals surface area contributed by atoms with Crippen molar-refractivity contribution in [3.63, 3.8) is 0 Å². The first kappa shape index (κ1) is 13.3. The van der Waals surface area contributed by atoms with Gasteiger partial charge in [0, 0.05) is 23.5 Å². The summed E-state index contributed by atoms with van der Waals surface area (Å²) in [6.07, 6.45) is 4.54. The first-order valence-electron chi connectivity index (χ1n) is 6.14. The van der Waals surface area contributed by atoms with E-state index < -0.39 is 10.0 Å². The molecule has 0 aliphatic heterocycles. The zero-order valence-corrected chi connectivity index (χ0v) is 11.7. The zero-order valence-electron chi connectivity index (χ0n) is 10.9. The van der Waals surface area contributed by atoms with E-state index in [1.807, 2.05) is 0 Å². The van der Waals surface area contributed by atoms with Crippen LogP contribution in [0.25, 0.3) is 10.9 Å². The molecular formula is C14H12N4O2S. The number of hydrogen-bond donors (Lipinski definition) is 2. The standard InChI is InChI=1S/C14H12N4O2S/c15-12-5-6-13(14-11(12)4-2-8-17-14)21(19,20)18-10-3-1-7-16-9-10/h1-9,18H,15H2. The number of nitrogens with one attached hydrogen (secondary N) is 1. The molecule has 0 saturated carbocycles. The van der Waals surface area contributed by atoms with Crippen LogP contribution in [0.5, 0.6) is 0 Å². The van der Waals surface area contributed by atoms with Crippen LogP contribution in [0.15, 0.2) is 59.9 Å². The Morgan fingerprint density at radius 1 is 1.05 bits per heavy atom. The highest BCUT2D eigenvalue weighted by Crippen LogP contribution is 2.27. The first-order valence-corrected chi connectivity index (χ1v) is 7.62. The fourth-order valence-corrected chi connectivity index (χ4v) is 3.22. The number of sulfonamides is 1. The second kappa shape index (κ2) is 5.02. The van der Waals surface area contributed by atoms with Crippen molar-refractivity contribution >= 4 is 32.3 Å². The highest BCUT2D eigenvalue weighted by molar-refractivity contribution is 7.93. The quantitative estimate of drug-likeness (QED) is 0.721. The number of hydrogen-bond acceptors (Lipinski definition) is 5. The molecule has 2 aromatic heterocycles. The summed E-state index contributed by atoms with van der Waals surface area (Å²) in [5.74, 6) is 0. The second-order valence-corrected chi connectivity index (χ2v) is 6.05. The summed E-state index contributed by atoms with van der Waals surface area (Å²) in [5, 5.41) is 0.603. The Balaban J connectivity index is 2.14. The summed E-state index contributed by atoms with van der Waals surface area (Å²) >= 11 is 0. The SMILES string of the molecule is Nc1ccc(S(=O)(=O)Nc2cccnc2)c2ncccc12. The molecule has 106 valence electrons. The van der Waals surface area contributed by atoms with Gasteiger partial charge in [-0.2, -0.15) is 0 Å². The van der Waals surface area contributed by atoms with E-state index in [1.54, 1.807) is 36.5 Å². The van der Waals surface area contributed by atoms with Crippen LogP contribution in [-0.2, 0) is 10.0 Å². The van der Waals surface area contributed by atoms with E-state index >= 15 is 0 Å². The number of aromatic nitrogens is 2. The molecule has 1 aromatic carbocycles. The third-order valence-corrected chi connectivity index (χ3v) is 4.38. The summed E-state index contributed by atoms with van der Waals surface area (Å²) in [6, 6.07) is 9.73. The second-order valence-electron chi connectivity index (χ2n) is 4.40. The van der Waals surface area contributed by atoms with E-state index in [9.17, 15) is 8.42 Å². The Morgan fingerprint density at radius 2 is 1.86 bits per heavy atom. The van der Waals surface area contributed by atoms with Crippen molar-refractivity contribution in [2.24, 2.45) is 0 Å². The average molecular weight is 300 g/mol. The van der Waals surface area contributed by atoms with Gasteiger partial charge < -0.3 is 5.73 Å². The summed E-state index contributed by atoms with van der Waals surface area (Å²) in [4.78, 5) is 8.09. The minimum Gasteiger partial charge on any atom is -0.398 e. The molecule has 3 rings (SSSR count). The van der Waals surface area contributed by atoms with Gasteiger partial charge in [-0.3, -0.25) is 14.7 Å². The molecular weight excluding hydrogens is 288 g/mol. The van der Waals surface area contributed by atoms with Crippen LogP contribution in [-0.4, -0.2) is 18.4 Å². The molecule has 0 unspecified atom stereocenters. The molecule has 0 aliphatic carbocycles. The zero-order chi connectivity index (χ0) is 14.9. The summed E-state index contributed by atoms with van der Waals surface area (Å²) in [7, 11) is -3.76. The Bertz CT molecular complexity index is 895. The van der Waals surface area contributed by atoms with E-state index in [0.29, 0.717) is 22.3 Å². The maximum atomic E-state index is 12.5. The summed E-state index contributed by atoms with van der Waals surface area (Å²) in [5.41, 5.74) is 7.07. The van der Waals surface area contributed by atoms with Gasteiger partial charge in [0.25, 0.3) is 10.0 Å². The van der Waals surface area contributed by atoms with Crippen molar-refractivity contribution in [3.8, 4) is 0 Å². The fraction of sp³-hybridized carbons (Fsp3) is 0. The molecule has 0 amide bonds. The van der Waals surface area contributed by atoms with E-state index in [-0.39, 0.29) is 4.90 Å². The van der Waals surface area contributed by atoms with Gasteiger partial charge in [-0.1, -0.05) is 0 Å². The number of benzene rings is 1. The largest absolute Gasteiger partial charge is 0.398 e. The molecule has 2 heterocycles. The topological polar surface area (TPSA) is 98.0 Å². The Labute approximate surface area is 121 Å². The Morgan fingerprint density at radius 3 is 2.62 bits per heavy atom. The number of fused-ring (bicyclic) bond motifs is 1. The van der Waals surface area contributed by atoms with Gasteiger partial charge in [0.05, 0.1) is 17.4 Å². The maximum absolute atomic E-state index is 12.5. The van der Waals surface area contributed by atoms with E-state index in [4.69, 9.17) is 5.73 Å². The lowest BCUT2D eigenvalue weighted by Gasteiger charge is -2.10. The van der Waals surface area contributed by atoms with Crippen LogP contribution >= 0.6 is 0 Å². The molecule has 0 aliphatic rings. The predicted octanol–water partition coefficient (Wildman–Crippen LogP) is 2.01. The average Bonchev–Trinajstić information content (AvgIpc) is 2.48. The van der Waals surface area contributed by atoms with Gasteiger partial charge in [-0.15, -0.1) is 0 Å². The third kappa shape index (κ3) is 2.50. The normalized spacial score (nSPS) is 11.4. The molecule has 0 radical (unpaired) electrons. The summed E-state index contributed by atoms with van der Waals surface area (Å²) in [6.45, 7) is 0. The molecule has 3 aromatic rings. The number of nitrogens with zero attached hydrogens (tertiary/aromatic N) is 2. The molecule has 3 N–H and O–H groups in total. The molecule has 21 heavy (non-hydrogen) atoms. The van der Waals surface area contributed by atoms with Crippen molar-refractivity contribution in [1.29, 1.82) is 0 Å². The molecule has 7 heteroatoms. The molecule has 0 bridgehead atoms. The van der Waals surface area contributed by atoms with Crippen molar-refractivity contribution in [2.45, 2.75) is 4.90 Å². The Kier molecular flexibility index (Phi) is 3.19. The third-order valence-electron chi connectivity index (χ3n) is 2.97.